The molecule has 0 aromatic rings. The summed E-state index contributed by atoms with van der Waals surface area (Å²) in [7, 11) is 0. The molecule has 1 amide bonds. The van der Waals surface area contributed by atoms with Gasteiger partial charge in [-0.25, -0.2) is 4.39 Å². The second-order valence-electron chi connectivity index (χ2n) is 9.46. The van der Waals surface area contributed by atoms with Gasteiger partial charge < -0.3 is 15.8 Å². The molecule has 3 aliphatic carbocycles. The monoisotopic (exact) mass is 362 g/mol. The van der Waals surface area contributed by atoms with Crippen LogP contribution in [0.5, 0.6) is 0 Å². The fourth-order valence-corrected chi connectivity index (χ4v) is 6.54. The molecule has 2 heterocycles. The van der Waals surface area contributed by atoms with Gasteiger partial charge in [-0.1, -0.05) is 0 Å². The molecule has 1 spiro atoms. The van der Waals surface area contributed by atoms with E-state index in [1.807, 2.05) is 0 Å². The number of carbonyl (C=O) groups is 1. The number of allylic oxidation sites excluding steroid dienone is 1. The highest BCUT2D eigenvalue weighted by molar-refractivity contribution is 5.93. The van der Waals surface area contributed by atoms with Crippen molar-refractivity contribution in [3.63, 3.8) is 0 Å². The summed E-state index contributed by atoms with van der Waals surface area (Å²) in [6.45, 7) is 1.10. The van der Waals surface area contributed by atoms with Crippen LogP contribution in [0.15, 0.2) is 11.3 Å². The molecule has 0 radical (unpaired) electrons. The van der Waals surface area contributed by atoms with E-state index in [0.717, 1.165) is 43.6 Å². The molecule has 5 rings (SSSR count). The lowest BCUT2D eigenvalue weighted by molar-refractivity contribution is -0.115. The summed E-state index contributed by atoms with van der Waals surface area (Å²) in [6.07, 6.45) is 9.39. The Kier molecular flexibility index (Phi) is 4.07. The molecule has 0 aromatic carbocycles. The number of rotatable bonds is 2. The first kappa shape index (κ1) is 17.0. The minimum absolute atomic E-state index is 0.0817. The molecule has 4 atom stereocenters. The highest BCUT2D eigenvalue weighted by Gasteiger charge is 2.58. The summed E-state index contributed by atoms with van der Waals surface area (Å²) in [5.74, 6) is 1.51. The smallest absolute Gasteiger partial charge is 0.248 e. The first-order valence-corrected chi connectivity index (χ1v) is 10.7. The molecule has 144 valence electrons. The van der Waals surface area contributed by atoms with Crippen molar-refractivity contribution in [2.24, 2.45) is 28.9 Å². The molecule has 0 bridgehead atoms. The summed E-state index contributed by atoms with van der Waals surface area (Å²) >= 11 is 0. The van der Waals surface area contributed by atoms with Gasteiger partial charge in [-0.05, 0) is 75.7 Å². The van der Waals surface area contributed by atoms with Crippen molar-refractivity contribution >= 4 is 5.91 Å². The normalized spacial score (nSPS) is 44.0. The maximum absolute atomic E-state index is 13.6. The summed E-state index contributed by atoms with van der Waals surface area (Å²) in [4.78, 5) is 12.4. The molecule has 4 unspecified atom stereocenters. The Morgan fingerprint density at radius 2 is 1.92 bits per heavy atom. The number of alkyl halides is 1. The van der Waals surface area contributed by atoms with Crippen LogP contribution in [0.2, 0.25) is 0 Å². The summed E-state index contributed by atoms with van der Waals surface area (Å²) in [5, 5.41) is 3.77. The number of carbonyl (C=O) groups excluding carboxylic acids is 1. The number of ether oxygens (including phenoxy) is 1. The zero-order valence-electron chi connectivity index (χ0n) is 15.5. The van der Waals surface area contributed by atoms with E-state index >= 15 is 0 Å². The molecule has 26 heavy (non-hydrogen) atoms. The third-order valence-electron chi connectivity index (χ3n) is 8.07. The predicted molar refractivity (Wildman–Crippen MR) is 96.9 cm³/mol. The molecular formula is C21H31FN2O2. The van der Waals surface area contributed by atoms with Gasteiger partial charge in [0, 0.05) is 24.3 Å². The number of primary amides is 1. The van der Waals surface area contributed by atoms with E-state index < -0.39 is 6.17 Å². The fourth-order valence-electron chi connectivity index (χ4n) is 6.54. The van der Waals surface area contributed by atoms with Gasteiger partial charge in [-0.15, -0.1) is 0 Å². The van der Waals surface area contributed by atoms with Crippen molar-refractivity contribution in [3.05, 3.63) is 11.3 Å². The molecular weight excluding hydrogens is 331 g/mol. The highest BCUT2D eigenvalue weighted by atomic mass is 19.1. The number of fused-ring (bicyclic) bond motifs is 3. The van der Waals surface area contributed by atoms with Gasteiger partial charge >= 0.3 is 0 Å². The van der Waals surface area contributed by atoms with Crippen LogP contribution in [0, 0.1) is 23.2 Å². The molecule has 0 aromatic heterocycles. The van der Waals surface area contributed by atoms with E-state index in [9.17, 15) is 9.18 Å². The SMILES string of the molecule is NC(=O)C1=C(C2CCC(F)CC2)OC2CC3NCCCC4(CC4)C3CC12. The zero-order valence-corrected chi connectivity index (χ0v) is 15.5. The van der Waals surface area contributed by atoms with Crippen LogP contribution in [0.4, 0.5) is 4.39 Å². The van der Waals surface area contributed by atoms with Crippen LogP contribution >= 0.6 is 0 Å². The summed E-state index contributed by atoms with van der Waals surface area (Å²) < 4.78 is 20.0. The average Bonchev–Trinajstić information content (AvgIpc) is 3.35. The Labute approximate surface area is 155 Å². The lowest BCUT2D eigenvalue weighted by Gasteiger charge is -2.41. The van der Waals surface area contributed by atoms with Gasteiger partial charge in [0.15, 0.2) is 0 Å². The lowest BCUT2D eigenvalue weighted by Crippen LogP contribution is -2.48. The number of amides is 1. The van der Waals surface area contributed by atoms with Crippen molar-refractivity contribution in [2.45, 2.75) is 82.5 Å². The van der Waals surface area contributed by atoms with Gasteiger partial charge in [0.1, 0.15) is 18.0 Å². The van der Waals surface area contributed by atoms with Crippen LogP contribution in [-0.4, -0.2) is 30.8 Å². The molecule has 5 heteroatoms. The van der Waals surface area contributed by atoms with E-state index in [1.54, 1.807) is 0 Å². The van der Waals surface area contributed by atoms with Gasteiger partial charge in [0.05, 0.1) is 5.57 Å². The topological polar surface area (TPSA) is 64.4 Å². The highest BCUT2D eigenvalue weighted by Crippen LogP contribution is 2.62. The maximum atomic E-state index is 13.6. The van der Waals surface area contributed by atoms with Crippen LogP contribution in [0.3, 0.4) is 0 Å². The van der Waals surface area contributed by atoms with Crippen molar-refractivity contribution in [1.82, 2.24) is 5.32 Å². The fraction of sp³-hybridized carbons (Fsp3) is 0.857. The number of hydrogen-bond donors (Lipinski definition) is 2. The number of nitrogens with one attached hydrogen (secondary N) is 1. The maximum Gasteiger partial charge on any atom is 0.248 e. The van der Waals surface area contributed by atoms with Crippen molar-refractivity contribution in [1.29, 1.82) is 0 Å². The van der Waals surface area contributed by atoms with E-state index in [4.69, 9.17) is 10.5 Å². The van der Waals surface area contributed by atoms with E-state index in [1.165, 1.54) is 25.7 Å². The number of hydrogen-bond acceptors (Lipinski definition) is 3. The molecule has 5 aliphatic rings. The van der Waals surface area contributed by atoms with E-state index in [0.29, 0.717) is 30.2 Å². The van der Waals surface area contributed by atoms with Crippen LogP contribution in [0.1, 0.15) is 64.2 Å². The molecule has 3 N–H and O–H groups in total. The Hall–Kier alpha value is -1.10. The third-order valence-corrected chi connectivity index (χ3v) is 8.07. The molecule has 3 saturated carbocycles. The lowest BCUT2D eigenvalue weighted by atomic mass is 9.67. The number of nitrogens with two attached hydrogens (primary N) is 1. The summed E-state index contributed by atoms with van der Waals surface area (Å²) in [5.41, 5.74) is 7.12. The molecule has 4 nitrogen and oxygen atoms in total. The molecule has 2 aliphatic heterocycles. The number of halogens is 1. The molecule has 4 fully saturated rings. The second kappa shape index (κ2) is 6.22. The van der Waals surface area contributed by atoms with Gasteiger partial charge in [0.2, 0.25) is 5.91 Å². The van der Waals surface area contributed by atoms with E-state index in [2.05, 4.69) is 5.32 Å². The third kappa shape index (κ3) is 2.69. The zero-order chi connectivity index (χ0) is 17.9. The first-order valence-electron chi connectivity index (χ1n) is 10.7. The van der Waals surface area contributed by atoms with Crippen molar-refractivity contribution < 1.29 is 13.9 Å². The molecule has 1 saturated heterocycles. The predicted octanol–water partition coefficient (Wildman–Crippen LogP) is 3.21. The average molecular weight is 362 g/mol. The Morgan fingerprint density at radius 3 is 2.62 bits per heavy atom. The second-order valence-corrected chi connectivity index (χ2v) is 9.46. The quantitative estimate of drug-likeness (QED) is 0.793. The van der Waals surface area contributed by atoms with Crippen LogP contribution in [-0.2, 0) is 9.53 Å². The van der Waals surface area contributed by atoms with E-state index in [-0.39, 0.29) is 23.8 Å². The minimum Gasteiger partial charge on any atom is -0.493 e. The largest absolute Gasteiger partial charge is 0.493 e. The van der Waals surface area contributed by atoms with Gasteiger partial charge in [-0.3, -0.25) is 4.79 Å². The standard InChI is InChI=1S/C21H31FN2O2/c22-13-4-2-12(3-5-13)19-18(20(23)25)14-10-15-16(11-17(14)26-19)24-9-1-6-21(15)7-8-21/h12-17,24H,1-11H2,(H2,23,25). The Morgan fingerprint density at radius 1 is 1.15 bits per heavy atom. The summed E-state index contributed by atoms with van der Waals surface area (Å²) in [6, 6.07) is 0.510. The van der Waals surface area contributed by atoms with Gasteiger partial charge in [0.25, 0.3) is 0 Å². The van der Waals surface area contributed by atoms with Crippen molar-refractivity contribution in [3.8, 4) is 0 Å². The van der Waals surface area contributed by atoms with Crippen LogP contribution in [0.25, 0.3) is 0 Å². The van der Waals surface area contributed by atoms with Crippen LogP contribution < -0.4 is 11.1 Å². The minimum atomic E-state index is -0.696. The Balaban J connectivity index is 1.43. The van der Waals surface area contributed by atoms with Gasteiger partial charge in [-0.2, -0.15) is 0 Å². The first-order chi connectivity index (χ1) is 12.6. The van der Waals surface area contributed by atoms with Crippen molar-refractivity contribution in [2.75, 3.05) is 6.54 Å². The Bertz CT molecular complexity index is 622.